The topological polar surface area (TPSA) is 6.48 Å². The minimum atomic E-state index is -4.61. The third kappa shape index (κ3) is 8.64. The van der Waals surface area contributed by atoms with Crippen molar-refractivity contribution in [2.24, 2.45) is 0 Å². The molecule has 0 heterocycles. The molecular formula is C80H57F3N2. The predicted octanol–water partition coefficient (Wildman–Crippen LogP) is 23.7. The molecule has 0 spiro atoms. The molecule has 5 heteroatoms. The fourth-order valence-electron chi connectivity index (χ4n) is 13.8. The Bertz CT molecular complexity index is 5230. The minimum absolute atomic E-state index is 0.0542. The van der Waals surface area contributed by atoms with Gasteiger partial charge in [0.05, 0.1) is 11.3 Å². The monoisotopic (exact) mass is 1100 g/mol. The lowest BCUT2D eigenvalue weighted by atomic mass is 9.86. The van der Waals surface area contributed by atoms with E-state index in [2.05, 4.69) is 222 Å². The summed E-state index contributed by atoms with van der Waals surface area (Å²) in [5.41, 5.74) is 14.5. The Morgan fingerprint density at radius 3 is 1.04 bits per heavy atom. The maximum atomic E-state index is 15.3. The zero-order valence-corrected chi connectivity index (χ0v) is 47.8. The van der Waals surface area contributed by atoms with Gasteiger partial charge in [-0.05, 0) is 262 Å². The van der Waals surface area contributed by atoms with Gasteiger partial charge in [-0.1, -0.05) is 164 Å². The second kappa shape index (κ2) is 20.0. The maximum Gasteiger partial charge on any atom is 0.418 e. The molecule has 0 amide bonds. The molecule has 408 valence electrons. The van der Waals surface area contributed by atoms with Crippen LogP contribution in [0.5, 0.6) is 0 Å². The number of benzene rings is 15. The van der Waals surface area contributed by atoms with E-state index in [4.69, 9.17) is 0 Å². The predicted molar refractivity (Wildman–Crippen MR) is 355 cm³/mol. The second-order valence-electron chi connectivity index (χ2n) is 23.0. The Balaban J connectivity index is 1.05. The molecule has 15 aromatic carbocycles. The summed E-state index contributed by atoms with van der Waals surface area (Å²) in [6, 6.07) is 88.5. The van der Waals surface area contributed by atoms with E-state index in [1.165, 1.54) is 61.8 Å². The molecule has 0 fully saturated rings. The Hall–Kier alpha value is -10.2. The summed E-state index contributed by atoms with van der Waals surface area (Å²) in [5, 5.41) is 17.3. The fourth-order valence-corrected chi connectivity index (χ4v) is 13.8. The van der Waals surface area contributed by atoms with Crippen molar-refractivity contribution in [2.45, 2.75) is 40.8 Å². The van der Waals surface area contributed by atoms with Crippen LogP contribution >= 0.6 is 0 Å². The molecule has 0 aliphatic carbocycles. The number of nitrogens with zero attached hydrogens (tertiary/aromatic N) is 2. The molecule has 0 aliphatic heterocycles. The van der Waals surface area contributed by atoms with Gasteiger partial charge in [0, 0.05) is 28.4 Å². The normalized spacial score (nSPS) is 12.0. The van der Waals surface area contributed by atoms with Gasteiger partial charge in [0.1, 0.15) is 0 Å². The van der Waals surface area contributed by atoms with Crippen molar-refractivity contribution in [3.05, 3.63) is 288 Å². The average Bonchev–Trinajstić information content (AvgIpc) is 0.970. The summed E-state index contributed by atoms with van der Waals surface area (Å²) in [6.07, 6.45) is -4.61. The van der Waals surface area contributed by atoms with Crippen LogP contribution < -0.4 is 9.80 Å². The van der Waals surface area contributed by atoms with Crippen LogP contribution in [0.4, 0.5) is 47.3 Å². The van der Waals surface area contributed by atoms with Crippen LogP contribution in [0, 0.1) is 34.6 Å². The maximum absolute atomic E-state index is 15.3. The Kier molecular flexibility index (Phi) is 12.1. The Labute approximate surface area is 491 Å². The molecule has 15 aromatic rings. The number of rotatable bonds is 8. The lowest BCUT2D eigenvalue weighted by Gasteiger charge is -2.29. The molecule has 0 radical (unpaired) electrons. The van der Waals surface area contributed by atoms with E-state index in [1.54, 1.807) is 17.0 Å². The first kappa shape index (κ1) is 51.6. The number of anilines is 6. The molecular weight excluding hydrogens is 1050 g/mol. The van der Waals surface area contributed by atoms with Crippen LogP contribution in [0.2, 0.25) is 0 Å². The van der Waals surface area contributed by atoms with Crippen LogP contribution in [-0.2, 0) is 6.18 Å². The summed E-state index contributed by atoms with van der Waals surface area (Å²) in [4.78, 5) is 4.17. The van der Waals surface area contributed by atoms with E-state index in [9.17, 15) is 0 Å². The third-order valence-electron chi connectivity index (χ3n) is 17.8. The minimum Gasteiger partial charge on any atom is -0.310 e. The molecule has 0 aromatic heterocycles. The summed E-state index contributed by atoms with van der Waals surface area (Å²) in [6.45, 7) is 10.9. The van der Waals surface area contributed by atoms with E-state index in [-0.39, 0.29) is 5.69 Å². The quantitative estimate of drug-likeness (QED) is 0.111. The standard InChI is InChI=1S/C80H57F3N2/c1-48-16-6-12-26-76(48)84(59-32-28-53-21-7-9-23-55(53)40-59)61-34-38-65-69(44-61)63-36-30-57(78-49(2)17-14-18-50(78)3)42-67(63)73-47-72-66-39-35-62(85(77-27-13-11-25-75(77)80(81,82)83)60-33-29-54-22-8-10-24-56(54)41-60)45-70(66)64-37-31-58(43-68(64)74(72)46-71(65)73)79-51(4)19-15-20-52(79)5/h6-47H,1-5H3. The summed E-state index contributed by atoms with van der Waals surface area (Å²) >= 11 is 0. The van der Waals surface area contributed by atoms with E-state index in [1.807, 2.05) is 48.5 Å². The molecule has 0 saturated heterocycles. The number of para-hydroxylation sites is 2. The molecule has 0 unspecified atom stereocenters. The van der Waals surface area contributed by atoms with Crippen molar-refractivity contribution in [3.63, 3.8) is 0 Å². The second-order valence-corrected chi connectivity index (χ2v) is 23.0. The highest BCUT2D eigenvalue weighted by Gasteiger charge is 2.35. The van der Waals surface area contributed by atoms with Gasteiger partial charge in [-0.25, -0.2) is 0 Å². The van der Waals surface area contributed by atoms with E-state index in [0.717, 1.165) is 104 Å². The van der Waals surface area contributed by atoms with Crippen molar-refractivity contribution in [2.75, 3.05) is 9.80 Å². The van der Waals surface area contributed by atoms with Crippen molar-refractivity contribution in [1.29, 1.82) is 0 Å². The van der Waals surface area contributed by atoms with Gasteiger partial charge in [-0.2, -0.15) is 13.2 Å². The first-order valence-corrected chi connectivity index (χ1v) is 29.0. The number of fused-ring (bicyclic) bond motifs is 14. The van der Waals surface area contributed by atoms with Gasteiger partial charge in [0.25, 0.3) is 0 Å². The zero-order valence-electron chi connectivity index (χ0n) is 47.8. The molecule has 0 N–H and O–H groups in total. The van der Waals surface area contributed by atoms with Crippen LogP contribution in [0.15, 0.2) is 255 Å². The Morgan fingerprint density at radius 1 is 0.247 bits per heavy atom. The van der Waals surface area contributed by atoms with Crippen LogP contribution in [0.25, 0.3) is 108 Å². The first-order chi connectivity index (χ1) is 41.3. The first-order valence-electron chi connectivity index (χ1n) is 29.0. The van der Waals surface area contributed by atoms with Gasteiger partial charge < -0.3 is 9.80 Å². The third-order valence-corrected chi connectivity index (χ3v) is 17.8. The number of aryl methyl sites for hydroxylation is 5. The van der Waals surface area contributed by atoms with Crippen molar-refractivity contribution in [3.8, 4) is 22.3 Å². The Morgan fingerprint density at radius 2 is 0.576 bits per heavy atom. The van der Waals surface area contributed by atoms with Crippen molar-refractivity contribution >= 4 is 120 Å². The lowest BCUT2D eigenvalue weighted by Crippen LogP contribution is -2.16. The number of hydrogen-bond donors (Lipinski definition) is 0. The SMILES string of the molecule is Cc1ccccc1N(c1ccc2ccccc2c1)c1ccc2c(c1)c1ccc(-c3c(C)cccc3C)cc1c1cc3c4ccc(N(c5ccc6ccccc6c5)c5ccccc5C(F)(F)F)cc4c4ccc(-c5c(C)cccc5C)cc4c3cc21. The van der Waals surface area contributed by atoms with E-state index in [0.29, 0.717) is 11.4 Å². The van der Waals surface area contributed by atoms with Gasteiger partial charge >= 0.3 is 6.18 Å². The van der Waals surface area contributed by atoms with Crippen molar-refractivity contribution in [1.82, 2.24) is 0 Å². The largest absolute Gasteiger partial charge is 0.418 e. The van der Waals surface area contributed by atoms with Crippen LogP contribution in [0.1, 0.15) is 33.4 Å². The number of alkyl halides is 3. The highest BCUT2D eigenvalue weighted by atomic mass is 19.4. The highest BCUT2D eigenvalue weighted by Crippen LogP contribution is 2.50. The van der Waals surface area contributed by atoms with E-state index >= 15 is 13.2 Å². The molecule has 0 saturated carbocycles. The average molecular weight is 1100 g/mol. The lowest BCUT2D eigenvalue weighted by molar-refractivity contribution is -0.137. The van der Waals surface area contributed by atoms with Gasteiger partial charge in [-0.15, -0.1) is 0 Å². The molecule has 85 heavy (non-hydrogen) atoms. The summed E-state index contributed by atoms with van der Waals surface area (Å²) < 4.78 is 45.9. The molecule has 2 nitrogen and oxygen atoms in total. The smallest absolute Gasteiger partial charge is 0.310 e. The molecule has 0 bridgehead atoms. The summed E-state index contributed by atoms with van der Waals surface area (Å²) in [7, 11) is 0. The van der Waals surface area contributed by atoms with Gasteiger partial charge in [0.2, 0.25) is 0 Å². The van der Waals surface area contributed by atoms with E-state index < -0.39 is 11.7 Å². The van der Waals surface area contributed by atoms with Crippen LogP contribution in [0.3, 0.4) is 0 Å². The summed E-state index contributed by atoms with van der Waals surface area (Å²) in [5.74, 6) is 0. The number of hydrogen-bond acceptors (Lipinski definition) is 2. The molecule has 15 rings (SSSR count). The highest BCUT2D eigenvalue weighted by molar-refractivity contribution is 6.34. The van der Waals surface area contributed by atoms with Crippen molar-refractivity contribution < 1.29 is 13.2 Å². The zero-order chi connectivity index (χ0) is 57.8. The van der Waals surface area contributed by atoms with Gasteiger partial charge in [0.15, 0.2) is 0 Å². The fraction of sp³-hybridized carbons (Fsp3) is 0.0750. The number of halogens is 3. The van der Waals surface area contributed by atoms with Crippen LogP contribution in [-0.4, -0.2) is 0 Å². The molecule has 0 aliphatic rings. The molecule has 0 atom stereocenters. The van der Waals surface area contributed by atoms with Gasteiger partial charge in [-0.3, -0.25) is 0 Å².